The zero-order chi connectivity index (χ0) is 13.8. The van der Waals surface area contributed by atoms with Gasteiger partial charge in [-0.3, -0.25) is 4.79 Å². The summed E-state index contributed by atoms with van der Waals surface area (Å²) in [7, 11) is 1.89. The largest absolute Gasteiger partial charge is 0.361 e. The Labute approximate surface area is 118 Å². The van der Waals surface area contributed by atoms with E-state index in [2.05, 4.69) is 18.2 Å². The zero-order valence-corrected chi connectivity index (χ0v) is 12.5. The van der Waals surface area contributed by atoms with Crippen LogP contribution in [0.5, 0.6) is 0 Å². The first-order valence-corrected chi connectivity index (χ1v) is 7.90. The third kappa shape index (κ3) is 2.95. The molecule has 0 radical (unpaired) electrons. The molecular weight excluding hydrogens is 256 g/mol. The highest BCUT2D eigenvalue weighted by atomic mass is 32.2. The predicted octanol–water partition coefficient (Wildman–Crippen LogP) is 3.38. The molecule has 0 bridgehead atoms. The molecule has 1 aromatic heterocycles. The summed E-state index contributed by atoms with van der Waals surface area (Å²) in [6.07, 6.45) is 4.95. The molecule has 2 aromatic rings. The van der Waals surface area contributed by atoms with Crippen molar-refractivity contribution in [2.45, 2.75) is 19.4 Å². The molecule has 0 fully saturated rings. The number of thioether (sulfide) groups is 1. The molecule has 19 heavy (non-hydrogen) atoms. The minimum absolute atomic E-state index is 0.0948. The van der Waals surface area contributed by atoms with Crippen molar-refractivity contribution >= 4 is 28.6 Å². The Hall–Kier alpha value is -1.42. The van der Waals surface area contributed by atoms with Crippen molar-refractivity contribution in [3.05, 3.63) is 36.0 Å². The Morgan fingerprint density at radius 3 is 2.89 bits per heavy atom. The molecule has 102 valence electrons. The summed E-state index contributed by atoms with van der Waals surface area (Å²) in [5, 5.41) is 1.13. The van der Waals surface area contributed by atoms with E-state index in [0.29, 0.717) is 6.04 Å². The summed E-state index contributed by atoms with van der Waals surface area (Å²) in [4.78, 5) is 17.5. The van der Waals surface area contributed by atoms with Crippen LogP contribution in [-0.4, -0.2) is 40.9 Å². The summed E-state index contributed by atoms with van der Waals surface area (Å²) in [5.41, 5.74) is 1.76. The SMILES string of the molecule is CCC(CSC)N(C)C(=O)c1ccc2cc[nH]c2c1. The second-order valence-electron chi connectivity index (χ2n) is 4.71. The fourth-order valence-electron chi connectivity index (χ4n) is 2.25. The summed E-state index contributed by atoms with van der Waals surface area (Å²) in [5.74, 6) is 1.07. The molecule has 0 saturated heterocycles. The van der Waals surface area contributed by atoms with Crippen LogP contribution in [0.25, 0.3) is 10.9 Å². The van der Waals surface area contributed by atoms with E-state index in [-0.39, 0.29) is 5.91 Å². The van der Waals surface area contributed by atoms with Gasteiger partial charge in [0.1, 0.15) is 0 Å². The average molecular weight is 276 g/mol. The van der Waals surface area contributed by atoms with Gasteiger partial charge in [0.2, 0.25) is 0 Å². The maximum absolute atomic E-state index is 12.5. The van der Waals surface area contributed by atoms with E-state index in [1.807, 2.05) is 42.4 Å². The summed E-state index contributed by atoms with van der Waals surface area (Å²) in [6, 6.07) is 8.13. The second kappa shape index (κ2) is 6.15. The van der Waals surface area contributed by atoms with Gasteiger partial charge in [0.15, 0.2) is 0 Å². The molecule has 0 aliphatic heterocycles. The van der Waals surface area contributed by atoms with Crippen LogP contribution < -0.4 is 0 Å². The molecule has 0 aliphatic carbocycles. The number of carbonyl (C=O) groups excluding carboxylic acids is 1. The first kappa shape index (κ1) is 14.0. The molecule has 0 aliphatic rings. The monoisotopic (exact) mass is 276 g/mol. The van der Waals surface area contributed by atoms with E-state index in [0.717, 1.165) is 28.6 Å². The number of amides is 1. The zero-order valence-electron chi connectivity index (χ0n) is 11.6. The Morgan fingerprint density at radius 1 is 1.42 bits per heavy atom. The lowest BCUT2D eigenvalue weighted by Crippen LogP contribution is -2.38. The van der Waals surface area contributed by atoms with Gasteiger partial charge in [0.25, 0.3) is 5.91 Å². The number of hydrogen-bond acceptors (Lipinski definition) is 2. The van der Waals surface area contributed by atoms with Crippen LogP contribution in [0, 0.1) is 0 Å². The molecule has 4 heteroatoms. The van der Waals surface area contributed by atoms with Crippen molar-refractivity contribution in [3.8, 4) is 0 Å². The Kier molecular flexibility index (Phi) is 4.53. The van der Waals surface area contributed by atoms with E-state index in [9.17, 15) is 4.79 Å². The molecule has 1 amide bonds. The van der Waals surface area contributed by atoms with Crippen LogP contribution in [0.3, 0.4) is 0 Å². The lowest BCUT2D eigenvalue weighted by Gasteiger charge is -2.26. The third-order valence-electron chi connectivity index (χ3n) is 3.50. The van der Waals surface area contributed by atoms with Crippen molar-refractivity contribution in [3.63, 3.8) is 0 Å². The second-order valence-corrected chi connectivity index (χ2v) is 5.62. The van der Waals surface area contributed by atoms with Gasteiger partial charge in [-0.15, -0.1) is 0 Å². The molecule has 1 heterocycles. The molecule has 3 nitrogen and oxygen atoms in total. The lowest BCUT2D eigenvalue weighted by molar-refractivity contribution is 0.0744. The number of hydrogen-bond donors (Lipinski definition) is 1. The first-order chi connectivity index (χ1) is 9.17. The summed E-state index contributed by atoms with van der Waals surface area (Å²) < 4.78 is 0. The van der Waals surface area contributed by atoms with Gasteiger partial charge in [0.05, 0.1) is 0 Å². The highest BCUT2D eigenvalue weighted by molar-refractivity contribution is 7.98. The van der Waals surface area contributed by atoms with Crippen molar-refractivity contribution in [1.29, 1.82) is 0 Å². The van der Waals surface area contributed by atoms with Gasteiger partial charge < -0.3 is 9.88 Å². The molecule has 0 saturated carbocycles. The molecule has 0 spiro atoms. The predicted molar refractivity (Wildman–Crippen MR) is 82.9 cm³/mol. The number of carbonyl (C=O) groups is 1. The summed E-state index contributed by atoms with van der Waals surface area (Å²) >= 11 is 1.78. The highest BCUT2D eigenvalue weighted by Crippen LogP contribution is 2.17. The third-order valence-corrected chi connectivity index (χ3v) is 4.22. The van der Waals surface area contributed by atoms with Crippen LogP contribution in [0.4, 0.5) is 0 Å². The van der Waals surface area contributed by atoms with Gasteiger partial charge >= 0.3 is 0 Å². The quantitative estimate of drug-likeness (QED) is 0.908. The van der Waals surface area contributed by atoms with Crippen molar-refractivity contribution < 1.29 is 4.79 Å². The molecule has 1 N–H and O–H groups in total. The highest BCUT2D eigenvalue weighted by Gasteiger charge is 2.19. The number of benzene rings is 1. The van der Waals surface area contributed by atoms with Gasteiger partial charge in [0, 0.05) is 36.1 Å². The minimum atomic E-state index is 0.0948. The standard InChI is InChI=1S/C15H20N2OS/c1-4-13(10-19-3)17(2)15(18)12-6-5-11-7-8-16-14(11)9-12/h5-9,13,16H,4,10H2,1-3H3. The lowest BCUT2D eigenvalue weighted by atomic mass is 10.1. The number of nitrogens with zero attached hydrogens (tertiary/aromatic N) is 1. The molecular formula is C15H20N2OS. The van der Waals surface area contributed by atoms with E-state index in [1.165, 1.54) is 0 Å². The first-order valence-electron chi connectivity index (χ1n) is 6.50. The number of aromatic nitrogens is 1. The normalized spacial score (nSPS) is 12.6. The van der Waals surface area contributed by atoms with E-state index in [1.54, 1.807) is 11.8 Å². The van der Waals surface area contributed by atoms with Crippen LogP contribution >= 0.6 is 11.8 Å². The maximum atomic E-state index is 12.5. The van der Waals surface area contributed by atoms with Gasteiger partial charge in [-0.25, -0.2) is 0 Å². The maximum Gasteiger partial charge on any atom is 0.253 e. The fraction of sp³-hybridized carbons (Fsp3) is 0.400. The van der Waals surface area contributed by atoms with Gasteiger partial charge in [-0.1, -0.05) is 13.0 Å². The minimum Gasteiger partial charge on any atom is -0.361 e. The number of aromatic amines is 1. The molecule has 1 unspecified atom stereocenters. The Balaban J connectivity index is 2.21. The summed E-state index contributed by atoms with van der Waals surface area (Å²) in [6.45, 7) is 2.12. The topological polar surface area (TPSA) is 36.1 Å². The van der Waals surface area contributed by atoms with E-state index in [4.69, 9.17) is 0 Å². The van der Waals surface area contributed by atoms with Gasteiger partial charge in [-0.2, -0.15) is 11.8 Å². The molecule has 1 atom stereocenters. The van der Waals surface area contributed by atoms with Crippen LogP contribution in [0.1, 0.15) is 23.7 Å². The Morgan fingerprint density at radius 2 is 2.21 bits per heavy atom. The van der Waals surface area contributed by atoms with Crippen LogP contribution in [0.2, 0.25) is 0 Å². The van der Waals surface area contributed by atoms with E-state index >= 15 is 0 Å². The van der Waals surface area contributed by atoms with E-state index < -0.39 is 0 Å². The van der Waals surface area contributed by atoms with Crippen molar-refractivity contribution in [1.82, 2.24) is 9.88 Å². The number of fused-ring (bicyclic) bond motifs is 1. The van der Waals surface area contributed by atoms with Crippen LogP contribution in [0.15, 0.2) is 30.5 Å². The number of rotatable bonds is 5. The average Bonchev–Trinajstić information content (AvgIpc) is 2.90. The van der Waals surface area contributed by atoms with Gasteiger partial charge in [-0.05, 0) is 36.3 Å². The van der Waals surface area contributed by atoms with Crippen LogP contribution in [-0.2, 0) is 0 Å². The van der Waals surface area contributed by atoms with Crippen molar-refractivity contribution in [2.75, 3.05) is 19.1 Å². The molecule has 1 aromatic carbocycles. The number of H-pyrrole nitrogens is 1. The Bertz CT molecular complexity index is 564. The van der Waals surface area contributed by atoms with Crippen molar-refractivity contribution in [2.24, 2.45) is 0 Å². The number of nitrogens with one attached hydrogen (secondary N) is 1. The fourth-order valence-corrected chi connectivity index (χ4v) is 3.09. The smallest absolute Gasteiger partial charge is 0.253 e. The molecule has 2 rings (SSSR count).